The van der Waals surface area contributed by atoms with Gasteiger partial charge in [-0.05, 0) is 24.1 Å². The van der Waals surface area contributed by atoms with E-state index in [-0.39, 0.29) is 17.2 Å². The number of hydrogen-bond donors (Lipinski definition) is 1. The van der Waals surface area contributed by atoms with E-state index in [1.165, 1.54) is 0 Å². The second-order valence-electron chi connectivity index (χ2n) is 3.59. The molecule has 1 aliphatic rings. The van der Waals surface area contributed by atoms with Crippen molar-refractivity contribution < 1.29 is 4.79 Å². The molecule has 1 fully saturated rings. The molecule has 1 aromatic rings. The lowest BCUT2D eigenvalue weighted by molar-refractivity contribution is -0.123. The minimum atomic E-state index is -0.167. The van der Waals surface area contributed by atoms with Crippen LogP contribution in [0.5, 0.6) is 0 Å². The number of nitrogens with one attached hydrogen (secondary N) is 1. The average Bonchev–Trinajstić information content (AvgIpc) is 2.28. The molecular formula is C10H13ClN4O. The van der Waals surface area contributed by atoms with Gasteiger partial charge in [0.2, 0.25) is 11.2 Å². The smallest absolute Gasteiger partial charge is 0.242 e. The summed E-state index contributed by atoms with van der Waals surface area (Å²) in [4.78, 5) is 21.6. The molecule has 16 heavy (non-hydrogen) atoms. The van der Waals surface area contributed by atoms with E-state index in [2.05, 4.69) is 15.3 Å². The third-order valence-electron chi connectivity index (χ3n) is 2.62. The first-order chi connectivity index (χ1) is 7.72. The summed E-state index contributed by atoms with van der Waals surface area (Å²) >= 11 is 5.74. The Morgan fingerprint density at radius 1 is 1.69 bits per heavy atom. The summed E-state index contributed by atoms with van der Waals surface area (Å²) < 4.78 is 0. The Morgan fingerprint density at radius 3 is 3.19 bits per heavy atom. The molecule has 86 valence electrons. The van der Waals surface area contributed by atoms with E-state index in [1.54, 1.807) is 12.3 Å². The molecular weight excluding hydrogens is 228 g/mol. The van der Waals surface area contributed by atoms with Crippen molar-refractivity contribution in [2.24, 2.45) is 0 Å². The molecule has 2 heterocycles. The fourth-order valence-corrected chi connectivity index (χ4v) is 2.02. The molecule has 2 rings (SSSR count). The number of anilines is 1. The van der Waals surface area contributed by atoms with Gasteiger partial charge in [0.15, 0.2) is 0 Å². The lowest BCUT2D eigenvalue weighted by Gasteiger charge is -2.35. The van der Waals surface area contributed by atoms with Crippen molar-refractivity contribution in [3.8, 4) is 0 Å². The average molecular weight is 241 g/mol. The molecule has 1 aliphatic heterocycles. The van der Waals surface area contributed by atoms with Gasteiger partial charge in [0.25, 0.3) is 0 Å². The third-order valence-corrected chi connectivity index (χ3v) is 2.81. The number of nitrogens with zero attached hydrogens (tertiary/aromatic N) is 3. The molecule has 5 nitrogen and oxygen atoms in total. The van der Waals surface area contributed by atoms with Crippen LogP contribution in [0.25, 0.3) is 0 Å². The van der Waals surface area contributed by atoms with E-state index in [0.717, 1.165) is 13.0 Å². The van der Waals surface area contributed by atoms with E-state index >= 15 is 0 Å². The van der Waals surface area contributed by atoms with Crippen LogP contribution in [0.15, 0.2) is 12.3 Å². The van der Waals surface area contributed by atoms with Crippen LogP contribution in [0, 0.1) is 0 Å². The summed E-state index contributed by atoms with van der Waals surface area (Å²) in [7, 11) is 0. The predicted octanol–water partition coefficient (Wildman–Crippen LogP) is 0.845. The Labute approximate surface area is 98.8 Å². The number of amides is 1. The molecule has 0 aliphatic carbocycles. The number of carbonyl (C=O) groups is 1. The maximum atomic E-state index is 11.7. The first kappa shape index (κ1) is 11.1. The maximum Gasteiger partial charge on any atom is 0.242 e. The van der Waals surface area contributed by atoms with Crippen molar-refractivity contribution >= 4 is 23.3 Å². The van der Waals surface area contributed by atoms with Crippen LogP contribution in [-0.2, 0) is 4.79 Å². The molecule has 1 atom stereocenters. The van der Waals surface area contributed by atoms with E-state index in [0.29, 0.717) is 12.4 Å². The van der Waals surface area contributed by atoms with E-state index < -0.39 is 0 Å². The maximum absolute atomic E-state index is 11.7. The van der Waals surface area contributed by atoms with E-state index in [1.807, 2.05) is 11.8 Å². The van der Waals surface area contributed by atoms with Crippen LogP contribution in [0.4, 0.5) is 5.82 Å². The molecule has 0 bridgehead atoms. The number of aromatic nitrogens is 2. The fourth-order valence-electron chi connectivity index (χ4n) is 1.88. The number of hydrogen-bond acceptors (Lipinski definition) is 4. The van der Waals surface area contributed by atoms with Crippen LogP contribution in [0.3, 0.4) is 0 Å². The van der Waals surface area contributed by atoms with Gasteiger partial charge in [-0.3, -0.25) is 4.79 Å². The van der Waals surface area contributed by atoms with Gasteiger partial charge >= 0.3 is 0 Å². The van der Waals surface area contributed by atoms with Gasteiger partial charge in [0, 0.05) is 19.3 Å². The number of carbonyl (C=O) groups excluding carboxylic acids is 1. The van der Waals surface area contributed by atoms with Crippen molar-refractivity contribution in [3.05, 3.63) is 17.5 Å². The van der Waals surface area contributed by atoms with Crippen LogP contribution < -0.4 is 10.2 Å². The molecule has 0 saturated carbocycles. The van der Waals surface area contributed by atoms with Crippen molar-refractivity contribution in [1.82, 2.24) is 15.3 Å². The zero-order chi connectivity index (χ0) is 11.5. The van der Waals surface area contributed by atoms with Gasteiger partial charge in [-0.1, -0.05) is 6.92 Å². The monoisotopic (exact) mass is 240 g/mol. The lowest BCUT2D eigenvalue weighted by Crippen LogP contribution is -2.55. The second-order valence-corrected chi connectivity index (χ2v) is 3.93. The highest BCUT2D eigenvalue weighted by Crippen LogP contribution is 2.18. The van der Waals surface area contributed by atoms with Gasteiger partial charge in [-0.25, -0.2) is 9.97 Å². The zero-order valence-corrected chi connectivity index (χ0v) is 9.74. The van der Waals surface area contributed by atoms with Crippen LogP contribution in [0.2, 0.25) is 5.28 Å². The predicted molar refractivity (Wildman–Crippen MR) is 61.5 cm³/mol. The van der Waals surface area contributed by atoms with Crippen LogP contribution in [0.1, 0.15) is 13.3 Å². The minimum Gasteiger partial charge on any atom is -0.353 e. The first-order valence-electron chi connectivity index (χ1n) is 5.25. The number of rotatable bonds is 2. The summed E-state index contributed by atoms with van der Waals surface area (Å²) in [6, 6.07) is 1.60. The van der Waals surface area contributed by atoms with Gasteiger partial charge in [0.1, 0.15) is 11.9 Å². The van der Waals surface area contributed by atoms with Gasteiger partial charge in [-0.2, -0.15) is 0 Å². The standard InChI is InChI=1S/C10H13ClN4O/c1-2-7-9(16)12-5-6-15(7)8-3-4-13-10(11)14-8/h3-4,7H,2,5-6H2,1H3,(H,12,16). The highest BCUT2D eigenvalue weighted by molar-refractivity contribution is 6.28. The second kappa shape index (κ2) is 4.65. The number of halogens is 1. The Morgan fingerprint density at radius 2 is 2.50 bits per heavy atom. The van der Waals surface area contributed by atoms with Gasteiger partial charge < -0.3 is 10.2 Å². The zero-order valence-electron chi connectivity index (χ0n) is 8.98. The largest absolute Gasteiger partial charge is 0.353 e. The molecule has 1 amide bonds. The topological polar surface area (TPSA) is 58.1 Å². The molecule has 0 spiro atoms. The van der Waals surface area contributed by atoms with Crippen molar-refractivity contribution in [3.63, 3.8) is 0 Å². The van der Waals surface area contributed by atoms with Crippen molar-refractivity contribution in [1.29, 1.82) is 0 Å². The number of piperazine rings is 1. The van der Waals surface area contributed by atoms with Gasteiger partial charge in [-0.15, -0.1) is 0 Å². The Balaban J connectivity index is 2.27. The summed E-state index contributed by atoms with van der Waals surface area (Å²) in [5.41, 5.74) is 0. The van der Waals surface area contributed by atoms with Crippen molar-refractivity contribution in [2.45, 2.75) is 19.4 Å². The molecule has 1 saturated heterocycles. The normalized spacial score (nSPS) is 20.8. The molecule has 1 unspecified atom stereocenters. The van der Waals surface area contributed by atoms with Crippen LogP contribution >= 0.6 is 11.6 Å². The Kier molecular flexibility index (Phi) is 3.24. The minimum absolute atomic E-state index is 0.0449. The Hall–Kier alpha value is -1.36. The third kappa shape index (κ3) is 2.09. The highest BCUT2D eigenvalue weighted by Gasteiger charge is 2.28. The van der Waals surface area contributed by atoms with Gasteiger partial charge in [0.05, 0.1) is 0 Å². The first-order valence-corrected chi connectivity index (χ1v) is 5.63. The quantitative estimate of drug-likeness (QED) is 0.779. The summed E-state index contributed by atoms with van der Waals surface area (Å²) in [5, 5.41) is 3.05. The molecule has 0 aromatic carbocycles. The fraction of sp³-hybridized carbons (Fsp3) is 0.500. The summed E-state index contributed by atoms with van der Waals surface area (Å²) in [6.45, 7) is 3.36. The SMILES string of the molecule is CCC1C(=O)NCCN1c1ccnc(Cl)n1. The Bertz CT molecular complexity index is 398. The lowest BCUT2D eigenvalue weighted by atomic mass is 10.1. The molecule has 1 aromatic heterocycles. The summed E-state index contributed by atoms with van der Waals surface area (Å²) in [6.07, 6.45) is 2.34. The van der Waals surface area contributed by atoms with E-state index in [4.69, 9.17) is 11.6 Å². The summed E-state index contributed by atoms with van der Waals surface area (Å²) in [5.74, 6) is 0.755. The van der Waals surface area contributed by atoms with Crippen molar-refractivity contribution in [2.75, 3.05) is 18.0 Å². The van der Waals surface area contributed by atoms with Crippen LogP contribution in [-0.4, -0.2) is 35.0 Å². The van der Waals surface area contributed by atoms with E-state index in [9.17, 15) is 4.79 Å². The highest BCUT2D eigenvalue weighted by atomic mass is 35.5. The molecule has 0 radical (unpaired) electrons. The molecule has 6 heteroatoms. The molecule has 1 N–H and O–H groups in total.